The van der Waals surface area contributed by atoms with Crippen molar-refractivity contribution < 1.29 is 9.59 Å². The Hall–Kier alpha value is -2.69. The molecule has 0 bridgehead atoms. The molecule has 1 heterocycles. The van der Waals surface area contributed by atoms with Gasteiger partial charge in [-0.25, -0.2) is 4.98 Å². The summed E-state index contributed by atoms with van der Waals surface area (Å²) in [7, 11) is 0. The maximum Gasteiger partial charge on any atom is 0.256 e. The van der Waals surface area contributed by atoms with Crippen molar-refractivity contribution in [3.63, 3.8) is 0 Å². The number of aryl methyl sites for hydroxylation is 1. The molecule has 2 rings (SSSR count). The first-order chi connectivity index (χ1) is 9.06. The molecular formula is C14H13N3O2. The van der Waals surface area contributed by atoms with E-state index in [1.54, 1.807) is 30.5 Å². The highest BCUT2D eigenvalue weighted by molar-refractivity contribution is 6.05. The number of pyridine rings is 1. The van der Waals surface area contributed by atoms with E-state index >= 15 is 0 Å². The van der Waals surface area contributed by atoms with Gasteiger partial charge < -0.3 is 11.1 Å². The van der Waals surface area contributed by atoms with Crippen molar-refractivity contribution in [1.29, 1.82) is 0 Å². The highest BCUT2D eigenvalue weighted by atomic mass is 16.2. The second-order valence-electron chi connectivity index (χ2n) is 4.12. The SMILES string of the molecule is Cc1ccnc(NC(=O)c2cccc(C(N)=O)c2)c1. The zero-order valence-corrected chi connectivity index (χ0v) is 10.4. The molecule has 0 radical (unpaired) electrons. The normalized spacial score (nSPS) is 9.95. The molecule has 19 heavy (non-hydrogen) atoms. The third-order valence-electron chi connectivity index (χ3n) is 2.57. The number of hydrogen-bond donors (Lipinski definition) is 2. The topological polar surface area (TPSA) is 85.1 Å². The molecule has 0 aliphatic heterocycles. The van der Waals surface area contributed by atoms with E-state index in [9.17, 15) is 9.59 Å². The fourth-order valence-electron chi connectivity index (χ4n) is 1.61. The number of nitrogens with zero attached hydrogens (tertiary/aromatic N) is 1. The summed E-state index contributed by atoms with van der Waals surface area (Å²) in [6, 6.07) is 9.83. The second kappa shape index (κ2) is 5.30. The summed E-state index contributed by atoms with van der Waals surface area (Å²) in [5, 5.41) is 2.66. The zero-order chi connectivity index (χ0) is 13.8. The van der Waals surface area contributed by atoms with Crippen molar-refractivity contribution >= 4 is 17.6 Å². The minimum atomic E-state index is -0.566. The molecule has 0 fully saturated rings. The molecule has 2 aromatic rings. The Balaban J connectivity index is 2.20. The van der Waals surface area contributed by atoms with Gasteiger partial charge in [-0.1, -0.05) is 6.07 Å². The number of carbonyl (C=O) groups excluding carboxylic acids is 2. The first kappa shape index (κ1) is 12.8. The fourth-order valence-corrected chi connectivity index (χ4v) is 1.61. The van der Waals surface area contributed by atoms with Crippen molar-refractivity contribution in [2.45, 2.75) is 6.92 Å². The predicted molar refractivity (Wildman–Crippen MR) is 71.9 cm³/mol. The minimum absolute atomic E-state index is 0.296. The van der Waals surface area contributed by atoms with Crippen LogP contribution in [0.4, 0.5) is 5.82 Å². The van der Waals surface area contributed by atoms with Crippen LogP contribution >= 0.6 is 0 Å². The molecule has 0 saturated carbocycles. The van der Waals surface area contributed by atoms with Crippen molar-refractivity contribution in [3.05, 3.63) is 59.3 Å². The quantitative estimate of drug-likeness (QED) is 0.876. The number of carbonyl (C=O) groups is 2. The Morgan fingerprint density at radius 3 is 2.58 bits per heavy atom. The molecule has 1 aromatic carbocycles. The van der Waals surface area contributed by atoms with E-state index in [2.05, 4.69) is 10.3 Å². The Morgan fingerprint density at radius 2 is 1.89 bits per heavy atom. The van der Waals surface area contributed by atoms with Crippen LogP contribution in [-0.4, -0.2) is 16.8 Å². The molecule has 0 spiro atoms. The molecule has 5 nitrogen and oxygen atoms in total. The van der Waals surface area contributed by atoms with Crippen LogP contribution in [0.2, 0.25) is 0 Å². The lowest BCUT2D eigenvalue weighted by molar-refractivity contribution is 0.1000. The van der Waals surface area contributed by atoms with Crippen LogP contribution < -0.4 is 11.1 Å². The Kier molecular flexibility index (Phi) is 3.56. The number of nitrogens with two attached hydrogens (primary N) is 1. The van der Waals surface area contributed by atoms with E-state index < -0.39 is 5.91 Å². The van der Waals surface area contributed by atoms with Crippen LogP contribution in [0.15, 0.2) is 42.6 Å². The minimum Gasteiger partial charge on any atom is -0.366 e. The summed E-state index contributed by atoms with van der Waals surface area (Å²) in [4.78, 5) is 27.1. The maximum atomic E-state index is 12.0. The van der Waals surface area contributed by atoms with Crippen molar-refractivity contribution in [2.75, 3.05) is 5.32 Å². The number of rotatable bonds is 3. The van der Waals surface area contributed by atoms with Gasteiger partial charge in [0.25, 0.3) is 5.91 Å². The van der Waals surface area contributed by atoms with E-state index in [1.165, 1.54) is 6.07 Å². The van der Waals surface area contributed by atoms with Crippen LogP contribution in [0.5, 0.6) is 0 Å². The average Bonchev–Trinajstić information content (AvgIpc) is 2.39. The van der Waals surface area contributed by atoms with Crippen LogP contribution in [-0.2, 0) is 0 Å². The van der Waals surface area contributed by atoms with Gasteiger partial charge in [-0.3, -0.25) is 9.59 Å². The van der Waals surface area contributed by atoms with Crippen molar-refractivity contribution in [3.8, 4) is 0 Å². The molecule has 96 valence electrons. The lowest BCUT2D eigenvalue weighted by atomic mass is 10.1. The summed E-state index contributed by atoms with van der Waals surface area (Å²) < 4.78 is 0. The van der Waals surface area contributed by atoms with Crippen molar-refractivity contribution in [1.82, 2.24) is 4.98 Å². The third-order valence-corrected chi connectivity index (χ3v) is 2.57. The number of primary amides is 1. The first-order valence-electron chi connectivity index (χ1n) is 5.70. The molecule has 5 heteroatoms. The van der Waals surface area contributed by atoms with Crippen LogP contribution in [0.3, 0.4) is 0 Å². The number of nitrogens with one attached hydrogen (secondary N) is 1. The number of hydrogen-bond acceptors (Lipinski definition) is 3. The van der Waals surface area contributed by atoms with E-state index in [-0.39, 0.29) is 5.91 Å². The Morgan fingerprint density at radius 1 is 1.16 bits per heavy atom. The number of amides is 2. The van der Waals surface area contributed by atoms with Gasteiger partial charge in [0.05, 0.1) is 0 Å². The van der Waals surface area contributed by atoms with E-state index in [0.717, 1.165) is 5.56 Å². The van der Waals surface area contributed by atoms with Crippen LogP contribution in [0, 0.1) is 6.92 Å². The smallest absolute Gasteiger partial charge is 0.256 e. The van der Waals surface area contributed by atoms with Gasteiger partial charge in [0.1, 0.15) is 5.82 Å². The Bertz CT molecular complexity index is 638. The predicted octanol–water partition coefficient (Wildman–Crippen LogP) is 1.74. The number of benzene rings is 1. The average molecular weight is 255 g/mol. The van der Waals surface area contributed by atoms with E-state index in [1.807, 2.05) is 13.0 Å². The summed E-state index contributed by atoms with van der Waals surface area (Å²) in [5.41, 5.74) is 6.83. The summed E-state index contributed by atoms with van der Waals surface area (Å²) in [6.07, 6.45) is 1.62. The standard InChI is InChI=1S/C14H13N3O2/c1-9-5-6-16-12(7-9)17-14(19)11-4-2-3-10(8-11)13(15)18/h2-8H,1H3,(H2,15,18)(H,16,17,19). The highest BCUT2D eigenvalue weighted by Crippen LogP contribution is 2.10. The largest absolute Gasteiger partial charge is 0.366 e. The zero-order valence-electron chi connectivity index (χ0n) is 10.4. The van der Waals surface area contributed by atoms with E-state index in [4.69, 9.17) is 5.73 Å². The van der Waals surface area contributed by atoms with E-state index in [0.29, 0.717) is 16.9 Å². The summed E-state index contributed by atoms with van der Waals surface area (Å²) in [6.45, 7) is 1.91. The highest BCUT2D eigenvalue weighted by Gasteiger charge is 2.09. The molecule has 0 atom stereocenters. The molecule has 0 aliphatic carbocycles. The molecule has 0 aliphatic rings. The summed E-state index contributed by atoms with van der Waals surface area (Å²) in [5.74, 6) is -0.431. The maximum absolute atomic E-state index is 12.0. The molecular weight excluding hydrogens is 242 g/mol. The fraction of sp³-hybridized carbons (Fsp3) is 0.0714. The van der Waals surface area contributed by atoms with Gasteiger partial charge in [0.15, 0.2) is 0 Å². The molecule has 0 unspecified atom stereocenters. The van der Waals surface area contributed by atoms with Crippen molar-refractivity contribution in [2.24, 2.45) is 5.73 Å². The van der Waals surface area contributed by atoms with Gasteiger partial charge in [0, 0.05) is 17.3 Å². The lowest BCUT2D eigenvalue weighted by Crippen LogP contribution is -2.15. The Labute approximate surface area is 110 Å². The molecule has 1 aromatic heterocycles. The monoisotopic (exact) mass is 255 g/mol. The molecule has 0 saturated heterocycles. The van der Waals surface area contributed by atoms with Gasteiger partial charge in [-0.2, -0.15) is 0 Å². The van der Waals surface area contributed by atoms with Gasteiger partial charge in [-0.15, -0.1) is 0 Å². The summed E-state index contributed by atoms with van der Waals surface area (Å²) >= 11 is 0. The first-order valence-corrected chi connectivity index (χ1v) is 5.70. The van der Waals surface area contributed by atoms with Crippen LogP contribution in [0.25, 0.3) is 0 Å². The number of anilines is 1. The molecule has 3 N–H and O–H groups in total. The molecule has 2 amide bonds. The van der Waals surface area contributed by atoms with Crippen LogP contribution in [0.1, 0.15) is 26.3 Å². The number of aromatic nitrogens is 1. The van der Waals surface area contributed by atoms with Gasteiger partial charge in [0.2, 0.25) is 5.91 Å². The third kappa shape index (κ3) is 3.16. The van der Waals surface area contributed by atoms with Gasteiger partial charge >= 0.3 is 0 Å². The lowest BCUT2D eigenvalue weighted by Gasteiger charge is -2.05. The second-order valence-corrected chi connectivity index (χ2v) is 4.12. The van der Waals surface area contributed by atoms with Gasteiger partial charge in [-0.05, 0) is 42.8 Å².